The van der Waals surface area contributed by atoms with Gasteiger partial charge in [-0.15, -0.1) is 0 Å². The van der Waals surface area contributed by atoms with Gasteiger partial charge >= 0.3 is 0 Å². The molecule has 0 aromatic rings. The molecule has 9 heteroatoms. The van der Waals surface area contributed by atoms with Crippen LogP contribution in [0.4, 0.5) is 0 Å². The quantitative estimate of drug-likeness (QED) is 0.0275. The molecule has 1 aliphatic heterocycles. The second-order valence-electron chi connectivity index (χ2n) is 15.5. The van der Waals surface area contributed by atoms with Crippen molar-refractivity contribution in [2.75, 3.05) is 13.2 Å². The maximum Gasteiger partial charge on any atom is 0.220 e. The Hall–Kier alpha value is -1.33. The number of ether oxygens (including phenoxy) is 2. The van der Waals surface area contributed by atoms with Crippen molar-refractivity contribution in [1.82, 2.24) is 5.32 Å². The van der Waals surface area contributed by atoms with E-state index in [1.54, 1.807) is 6.08 Å². The Morgan fingerprint density at radius 2 is 1.08 bits per heavy atom. The second-order valence-corrected chi connectivity index (χ2v) is 15.5. The van der Waals surface area contributed by atoms with Crippen molar-refractivity contribution < 1.29 is 39.8 Å². The molecule has 7 unspecified atom stereocenters. The Labute approximate surface area is 324 Å². The summed E-state index contributed by atoms with van der Waals surface area (Å²) in [6, 6.07) is -0.815. The molecule has 9 nitrogen and oxygen atoms in total. The lowest BCUT2D eigenvalue weighted by Gasteiger charge is -2.40. The lowest BCUT2D eigenvalue weighted by molar-refractivity contribution is -0.302. The molecule has 0 radical (unpaired) electrons. The first-order valence-corrected chi connectivity index (χ1v) is 22.1. The fourth-order valence-electron chi connectivity index (χ4n) is 6.94. The van der Waals surface area contributed by atoms with Crippen molar-refractivity contribution in [3.05, 3.63) is 24.3 Å². The van der Waals surface area contributed by atoms with Crippen molar-refractivity contribution in [1.29, 1.82) is 0 Å². The maximum atomic E-state index is 12.9. The minimum Gasteiger partial charge on any atom is -0.394 e. The molecule has 1 aliphatic rings. The minimum absolute atomic E-state index is 0.186. The van der Waals surface area contributed by atoms with Crippen molar-refractivity contribution in [2.24, 2.45) is 0 Å². The van der Waals surface area contributed by atoms with E-state index >= 15 is 0 Å². The molecule has 1 rings (SSSR count). The molecule has 6 N–H and O–H groups in total. The third-order valence-corrected chi connectivity index (χ3v) is 10.5. The van der Waals surface area contributed by atoms with E-state index in [-0.39, 0.29) is 12.5 Å². The number of carbonyl (C=O) groups is 1. The Bertz CT molecular complexity index is 883. The summed E-state index contributed by atoms with van der Waals surface area (Å²) in [4.78, 5) is 12.9. The van der Waals surface area contributed by atoms with E-state index in [0.29, 0.717) is 6.42 Å². The number of rotatable bonds is 36. The number of amides is 1. The molecular formula is C44H83NO8. The average molecular weight is 754 g/mol. The Morgan fingerprint density at radius 1 is 0.623 bits per heavy atom. The van der Waals surface area contributed by atoms with Gasteiger partial charge in [0.05, 0.1) is 25.4 Å². The van der Waals surface area contributed by atoms with Crippen LogP contribution >= 0.6 is 0 Å². The molecule has 0 aromatic heterocycles. The Kier molecular flexibility index (Phi) is 32.9. The lowest BCUT2D eigenvalue weighted by Crippen LogP contribution is -2.60. The van der Waals surface area contributed by atoms with E-state index in [2.05, 4.69) is 31.3 Å². The lowest BCUT2D eigenvalue weighted by atomic mass is 9.99. The fourth-order valence-corrected chi connectivity index (χ4v) is 6.94. The van der Waals surface area contributed by atoms with Crippen molar-refractivity contribution in [3.63, 3.8) is 0 Å². The zero-order chi connectivity index (χ0) is 38.8. The molecule has 53 heavy (non-hydrogen) atoms. The summed E-state index contributed by atoms with van der Waals surface area (Å²) in [7, 11) is 0. The van der Waals surface area contributed by atoms with Crippen LogP contribution in [0.1, 0.15) is 194 Å². The fraction of sp³-hybridized carbons (Fsp3) is 0.886. The van der Waals surface area contributed by atoms with E-state index in [0.717, 1.165) is 38.5 Å². The molecule has 1 amide bonds. The molecule has 0 aliphatic carbocycles. The van der Waals surface area contributed by atoms with Gasteiger partial charge in [-0.1, -0.05) is 179 Å². The highest BCUT2D eigenvalue weighted by Gasteiger charge is 2.44. The average Bonchev–Trinajstić information content (AvgIpc) is 3.16. The van der Waals surface area contributed by atoms with Crippen molar-refractivity contribution in [2.45, 2.75) is 236 Å². The largest absolute Gasteiger partial charge is 0.394 e. The molecule has 1 saturated heterocycles. The van der Waals surface area contributed by atoms with E-state index in [1.807, 2.05) is 6.08 Å². The third kappa shape index (κ3) is 26.2. The summed E-state index contributed by atoms with van der Waals surface area (Å²) in [6.07, 6.45) is 33.7. The first-order chi connectivity index (χ1) is 25.8. The van der Waals surface area contributed by atoms with E-state index in [1.165, 1.54) is 135 Å². The standard InChI is InChI=1S/C44H83NO8/c1-3-5-7-9-11-13-15-17-18-19-20-21-22-24-26-28-30-32-34-40(48)45-37(36-52-44-43(51)42(50)41(49)39(35-46)53-44)38(47)33-31-29-27-25-23-16-14-12-10-8-6-4-2/h23,25,31,33,37-39,41-44,46-47,49-51H,3-22,24,26-30,32,34-36H2,1-2H3,(H,45,48)/b25-23+,33-31+. The van der Waals surface area contributed by atoms with Gasteiger partial charge in [0.2, 0.25) is 5.91 Å². The van der Waals surface area contributed by atoms with Crippen LogP contribution in [0.15, 0.2) is 24.3 Å². The number of aliphatic hydroxyl groups is 5. The summed E-state index contributed by atoms with van der Waals surface area (Å²) in [5.74, 6) is -0.186. The van der Waals surface area contributed by atoms with E-state index < -0.39 is 49.5 Å². The number of nitrogens with one attached hydrogen (secondary N) is 1. The second kappa shape index (κ2) is 35.1. The number of aliphatic hydroxyl groups excluding tert-OH is 5. The van der Waals surface area contributed by atoms with Gasteiger partial charge in [0.25, 0.3) is 0 Å². The first kappa shape index (κ1) is 49.7. The highest BCUT2D eigenvalue weighted by molar-refractivity contribution is 5.76. The summed E-state index contributed by atoms with van der Waals surface area (Å²) < 4.78 is 11.2. The monoisotopic (exact) mass is 754 g/mol. The van der Waals surface area contributed by atoms with Gasteiger partial charge in [-0.3, -0.25) is 4.79 Å². The molecule has 0 saturated carbocycles. The molecule has 1 fully saturated rings. The maximum absolute atomic E-state index is 12.9. The van der Waals surface area contributed by atoms with Crippen LogP contribution in [0.2, 0.25) is 0 Å². The summed E-state index contributed by atoms with van der Waals surface area (Å²) in [6.45, 7) is 3.74. The molecule has 0 bridgehead atoms. The predicted molar refractivity (Wildman–Crippen MR) is 217 cm³/mol. The SMILES string of the molecule is CCCCCCCC/C=C/CC/C=C/C(O)C(COC1OC(CO)C(O)C(O)C1O)NC(=O)CCCCCCCCCCCCCCCCCCCC. The van der Waals surface area contributed by atoms with Crippen molar-refractivity contribution >= 4 is 5.91 Å². The smallest absolute Gasteiger partial charge is 0.220 e. The Morgan fingerprint density at radius 3 is 1.58 bits per heavy atom. The van der Waals surface area contributed by atoms with Gasteiger partial charge in [0, 0.05) is 6.42 Å². The number of allylic oxidation sites excluding steroid dienone is 3. The molecule has 7 atom stereocenters. The van der Waals surface area contributed by atoms with Crippen LogP contribution < -0.4 is 5.32 Å². The molecule has 312 valence electrons. The number of unbranched alkanes of at least 4 members (excludes halogenated alkanes) is 24. The van der Waals surface area contributed by atoms with Crippen LogP contribution in [0.3, 0.4) is 0 Å². The molecule has 0 spiro atoms. The number of hydrogen-bond donors (Lipinski definition) is 6. The summed E-state index contributed by atoms with van der Waals surface area (Å²) in [5, 5.41) is 54.0. The van der Waals surface area contributed by atoms with Crippen LogP contribution in [0, 0.1) is 0 Å². The van der Waals surface area contributed by atoms with Crippen LogP contribution in [0.25, 0.3) is 0 Å². The van der Waals surface area contributed by atoms with Gasteiger partial charge in [-0.05, 0) is 32.1 Å². The van der Waals surface area contributed by atoms with Gasteiger partial charge in [0.1, 0.15) is 24.4 Å². The highest BCUT2D eigenvalue weighted by Crippen LogP contribution is 2.22. The third-order valence-electron chi connectivity index (χ3n) is 10.5. The summed E-state index contributed by atoms with van der Waals surface area (Å²) in [5.41, 5.74) is 0. The topological polar surface area (TPSA) is 149 Å². The predicted octanol–water partition coefficient (Wildman–Crippen LogP) is 8.72. The van der Waals surface area contributed by atoms with Gasteiger partial charge in [-0.25, -0.2) is 0 Å². The zero-order valence-electron chi connectivity index (χ0n) is 34.0. The zero-order valence-corrected chi connectivity index (χ0v) is 34.0. The van der Waals surface area contributed by atoms with E-state index in [4.69, 9.17) is 9.47 Å². The highest BCUT2D eigenvalue weighted by atomic mass is 16.7. The first-order valence-electron chi connectivity index (χ1n) is 22.1. The van der Waals surface area contributed by atoms with Gasteiger partial charge in [0.15, 0.2) is 6.29 Å². The van der Waals surface area contributed by atoms with Gasteiger partial charge in [-0.2, -0.15) is 0 Å². The number of carbonyl (C=O) groups excluding carboxylic acids is 1. The Balaban J connectivity index is 2.36. The van der Waals surface area contributed by atoms with Crippen LogP contribution in [-0.2, 0) is 14.3 Å². The summed E-state index contributed by atoms with van der Waals surface area (Å²) >= 11 is 0. The van der Waals surface area contributed by atoms with Crippen LogP contribution in [0.5, 0.6) is 0 Å². The molecular weight excluding hydrogens is 670 g/mol. The van der Waals surface area contributed by atoms with E-state index in [9.17, 15) is 30.3 Å². The van der Waals surface area contributed by atoms with Gasteiger partial charge < -0.3 is 40.3 Å². The van der Waals surface area contributed by atoms with Crippen molar-refractivity contribution in [3.8, 4) is 0 Å². The molecule has 0 aromatic carbocycles. The minimum atomic E-state index is -1.57. The normalized spacial score (nSPS) is 21.8. The molecule has 1 heterocycles. The number of hydrogen-bond acceptors (Lipinski definition) is 8. The van der Waals surface area contributed by atoms with Crippen LogP contribution in [-0.4, -0.2) is 87.5 Å².